The number of hydrogen-bond acceptors (Lipinski definition) is 5. The second kappa shape index (κ2) is 9.65. The van der Waals surface area contributed by atoms with E-state index in [2.05, 4.69) is 36.2 Å². The van der Waals surface area contributed by atoms with Crippen molar-refractivity contribution in [2.45, 2.75) is 13.3 Å². The first-order valence-electron chi connectivity index (χ1n) is 5.29. The maximum atomic E-state index is 4.71. The molecule has 0 atom stereocenters. The van der Waals surface area contributed by atoms with Gasteiger partial charge in [-0.3, -0.25) is 0 Å². The van der Waals surface area contributed by atoms with Crippen LogP contribution in [0.25, 0.3) is 0 Å². The van der Waals surface area contributed by atoms with E-state index in [1.54, 1.807) is 21.3 Å². The Morgan fingerprint density at radius 3 is 1.94 bits per heavy atom. The lowest BCUT2D eigenvalue weighted by Gasteiger charge is -2.16. The van der Waals surface area contributed by atoms with Crippen molar-refractivity contribution in [3.8, 4) is 0 Å². The van der Waals surface area contributed by atoms with Crippen LogP contribution in [0, 0.1) is 0 Å². The lowest BCUT2D eigenvalue weighted by molar-refractivity contribution is 0.163. The Labute approximate surface area is 101 Å². The summed E-state index contributed by atoms with van der Waals surface area (Å²) in [6, 6.07) is 0. The summed E-state index contributed by atoms with van der Waals surface area (Å²) in [6.45, 7) is 4.45. The third-order valence-electron chi connectivity index (χ3n) is 1.95. The van der Waals surface area contributed by atoms with Crippen molar-refractivity contribution in [3.05, 3.63) is 12.4 Å². The van der Waals surface area contributed by atoms with Crippen molar-refractivity contribution in [1.29, 1.82) is 0 Å². The number of nitrogens with zero attached hydrogens (tertiary/aromatic N) is 2. The van der Waals surface area contributed by atoms with Gasteiger partial charge in [-0.2, -0.15) is 0 Å². The highest BCUT2D eigenvalue weighted by molar-refractivity contribution is 6.36. The van der Waals surface area contributed by atoms with Gasteiger partial charge in [0.25, 0.3) is 0 Å². The first-order chi connectivity index (χ1) is 7.67. The van der Waals surface area contributed by atoms with Crippen LogP contribution in [0.1, 0.15) is 13.3 Å². The van der Waals surface area contributed by atoms with Crippen LogP contribution < -0.4 is 0 Å². The van der Waals surface area contributed by atoms with E-state index in [4.69, 9.17) is 13.3 Å². The maximum absolute atomic E-state index is 4.71. The molecular weight excluding hydrogens is 224 g/mol. The van der Waals surface area contributed by atoms with Gasteiger partial charge >= 0.3 is 9.53 Å². The van der Waals surface area contributed by atoms with Gasteiger partial charge < -0.3 is 23.1 Å². The summed E-state index contributed by atoms with van der Waals surface area (Å²) in [7, 11) is 5.40. The summed E-state index contributed by atoms with van der Waals surface area (Å²) in [5.41, 5.74) is 0. The standard InChI is InChI=1S/C7H14N2.C3H9O3Si/c1-3-4-9-6-5-8(2)7-9;1-4-7(5-2)6-3/h5-6H,3-4,7H2,1-2H3;1-3H3. The van der Waals surface area contributed by atoms with Crippen LogP contribution in [0.2, 0.25) is 0 Å². The zero-order valence-electron chi connectivity index (χ0n) is 10.9. The Morgan fingerprint density at radius 1 is 1.12 bits per heavy atom. The predicted molar refractivity (Wildman–Crippen MR) is 65.5 cm³/mol. The van der Waals surface area contributed by atoms with E-state index >= 15 is 0 Å². The molecule has 1 radical (unpaired) electrons. The summed E-state index contributed by atoms with van der Waals surface area (Å²) < 4.78 is 14.1. The number of rotatable bonds is 5. The molecular formula is C10H23N2O3Si. The summed E-state index contributed by atoms with van der Waals surface area (Å²) >= 11 is 0. The largest absolute Gasteiger partial charge is 0.576 e. The predicted octanol–water partition coefficient (Wildman–Crippen LogP) is 0.983. The Hall–Kier alpha value is -0.563. The molecule has 0 bridgehead atoms. The van der Waals surface area contributed by atoms with Gasteiger partial charge in [0.15, 0.2) is 0 Å². The molecule has 5 nitrogen and oxygen atoms in total. The lowest BCUT2D eigenvalue weighted by Crippen LogP contribution is -2.22. The highest BCUT2D eigenvalue weighted by atomic mass is 28.3. The van der Waals surface area contributed by atoms with Crippen LogP contribution in [0.5, 0.6) is 0 Å². The molecule has 0 aromatic rings. The van der Waals surface area contributed by atoms with E-state index in [-0.39, 0.29) is 0 Å². The van der Waals surface area contributed by atoms with Crippen molar-refractivity contribution < 1.29 is 13.3 Å². The quantitative estimate of drug-likeness (QED) is 0.677. The molecule has 1 rings (SSSR count). The topological polar surface area (TPSA) is 34.2 Å². The summed E-state index contributed by atoms with van der Waals surface area (Å²) in [4.78, 5) is 4.48. The van der Waals surface area contributed by atoms with E-state index in [0.29, 0.717) is 0 Å². The zero-order chi connectivity index (χ0) is 12.4. The molecule has 0 saturated carbocycles. The molecule has 1 heterocycles. The van der Waals surface area contributed by atoms with Gasteiger partial charge in [0, 0.05) is 47.3 Å². The lowest BCUT2D eigenvalue weighted by atomic mass is 10.4. The van der Waals surface area contributed by atoms with Crippen molar-refractivity contribution in [2.75, 3.05) is 41.6 Å². The second-order valence-corrected chi connectivity index (χ2v) is 5.10. The minimum absolute atomic E-state index is 1.06. The third kappa shape index (κ3) is 6.84. The fourth-order valence-electron chi connectivity index (χ4n) is 1.27. The molecule has 0 saturated heterocycles. The summed E-state index contributed by atoms with van der Waals surface area (Å²) in [5.74, 6) is 0. The Kier molecular flexibility index (Phi) is 9.31. The molecule has 0 amide bonds. The molecule has 0 N–H and O–H groups in total. The molecule has 0 aromatic carbocycles. The van der Waals surface area contributed by atoms with Gasteiger partial charge in [-0.25, -0.2) is 0 Å². The molecule has 16 heavy (non-hydrogen) atoms. The van der Waals surface area contributed by atoms with Gasteiger partial charge in [0.2, 0.25) is 0 Å². The van der Waals surface area contributed by atoms with Gasteiger partial charge in [-0.05, 0) is 6.42 Å². The zero-order valence-corrected chi connectivity index (χ0v) is 11.9. The highest BCUT2D eigenvalue weighted by Crippen LogP contribution is 2.02. The van der Waals surface area contributed by atoms with Crippen molar-refractivity contribution in [3.63, 3.8) is 0 Å². The third-order valence-corrected chi connectivity index (χ3v) is 2.95. The average molecular weight is 247 g/mol. The Balaban J connectivity index is 0.000000293. The van der Waals surface area contributed by atoms with Crippen LogP contribution in [0.3, 0.4) is 0 Å². The Morgan fingerprint density at radius 2 is 1.69 bits per heavy atom. The molecule has 0 fully saturated rings. The van der Waals surface area contributed by atoms with Crippen LogP contribution in [-0.4, -0.2) is 60.9 Å². The van der Waals surface area contributed by atoms with Crippen molar-refractivity contribution >= 4 is 9.53 Å². The van der Waals surface area contributed by atoms with Crippen molar-refractivity contribution in [1.82, 2.24) is 9.80 Å². The monoisotopic (exact) mass is 247 g/mol. The minimum atomic E-state index is -1.36. The summed E-state index contributed by atoms with van der Waals surface area (Å²) in [6.07, 6.45) is 5.48. The fraction of sp³-hybridized carbons (Fsp3) is 0.800. The molecule has 0 aromatic heterocycles. The highest BCUT2D eigenvalue weighted by Gasteiger charge is 2.09. The van der Waals surface area contributed by atoms with Crippen LogP contribution in [-0.2, 0) is 13.3 Å². The van der Waals surface area contributed by atoms with E-state index in [1.807, 2.05) is 0 Å². The first-order valence-corrected chi connectivity index (χ1v) is 6.51. The average Bonchev–Trinajstić information content (AvgIpc) is 2.68. The molecule has 1 aliphatic rings. The van der Waals surface area contributed by atoms with Gasteiger partial charge in [0.05, 0.1) is 6.67 Å². The van der Waals surface area contributed by atoms with E-state index < -0.39 is 9.53 Å². The van der Waals surface area contributed by atoms with E-state index in [0.717, 1.165) is 6.67 Å². The molecule has 0 aliphatic carbocycles. The second-order valence-electron chi connectivity index (χ2n) is 3.37. The molecule has 1 aliphatic heterocycles. The van der Waals surface area contributed by atoms with Gasteiger partial charge in [-0.1, -0.05) is 6.92 Å². The first kappa shape index (κ1) is 15.4. The van der Waals surface area contributed by atoms with Crippen LogP contribution in [0.15, 0.2) is 12.4 Å². The molecule has 6 heteroatoms. The van der Waals surface area contributed by atoms with Crippen LogP contribution >= 0.6 is 0 Å². The van der Waals surface area contributed by atoms with E-state index in [9.17, 15) is 0 Å². The Bertz CT molecular complexity index is 183. The van der Waals surface area contributed by atoms with Gasteiger partial charge in [0.1, 0.15) is 0 Å². The van der Waals surface area contributed by atoms with Gasteiger partial charge in [-0.15, -0.1) is 0 Å². The minimum Gasteiger partial charge on any atom is -0.375 e. The fourth-order valence-corrected chi connectivity index (χ4v) is 1.77. The molecule has 95 valence electrons. The summed E-state index contributed by atoms with van der Waals surface area (Å²) in [5, 5.41) is 0. The smallest absolute Gasteiger partial charge is 0.375 e. The molecule has 0 spiro atoms. The number of hydrogen-bond donors (Lipinski definition) is 0. The molecule has 0 unspecified atom stereocenters. The van der Waals surface area contributed by atoms with Crippen molar-refractivity contribution in [2.24, 2.45) is 0 Å². The maximum Gasteiger partial charge on any atom is 0.576 e. The SMILES string of the molecule is CCCN1C=CN(C)C1.CO[Si](OC)OC. The van der Waals surface area contributed by atoms with Crippen LogP contribution in [0.4, 0.5) is 0 Å². The van der Waals surface area contributed by atoms with E-state index in [1.165, 1.54) is 13.0 Å². The normalized spacial score (nSPS) is 14.4.